The van der Waals surface area contributed by atoms with Crippen molar-refractivity contribution in [2.75, 3.05) is 50.7 Å². The number of anilines is 2. The van der Waals surface area contributed by atoms with Crippen molar-refractivity contribution in [3.05, 3.63) is 145 Å². The fourth-order valence-corrected chi connectivity index (χ4v) is 7.66. The summed E-state index contributed by atoms with van der Waals surface area (Å²) in [5.74, 6) is -4.54. The Morgan fingerprint density at radius 3 is 1.27 bits per heavy atom. The Morgan fingerprint density at radius 1 is 0.500 bits per heavy atom. The van der Waals surface area contributed by atoms with Crippen LogP contribution in [0.3, 0.4) is 0 Å². The van der Waals surface area contributed by atoms with E-state index >= 15 is 0 Å². The summed E-state index contributed by atoms with van der Waals surface area (Å²) in [5.41, 5.74) is 5.60. The fraction of sp³-hybridized carbons (Fsp3) is 0.273. The van der Waals surface area contributed by atoms with E-state index < -0.39 is 23.9 Å². The van der Waals surface area contributed by atoms with Gasteiger partial charge in [-0.2, -0.15) is 0 Å². The SMILES string of the molecule is O=C(O)/C=C\C(=O)O.O=C(O)/C=C\C(=O)O.c1ccc(C(CCCN2CCN(CCCCN3c4ccccc4Sc4ccccc43)CC2)c2ccccc2)cc1. The third-order valence-electron chi connectivity index (χ3n) is 9.21. The molecule has 0 unspecified atom stereocenters. The van der Waals surface area contributed by atoms with Crippen LogP contribution in [0.15, 0.2) is 143 Å². The molecular weight excluding hydrogens is 731 g/mol. The smallest absolute Gasteiger partial charge is 0.328 e. The molecule has 0 amide bonds. The van der Waals surface area contributed by atoms with E-state index in [0.29, 0.717) is 30.2 Å². The van der Waals surface area contributed by atoms with E-state index in [1.807, 2.05) is 11.8 Å². The average molecular weight is 780 g/mol. The lowest BCUT2D eigenvalue weighted by atomic mass is 9.87. The first-order valence-corrected chi connectivity index (χ1v) is 19.4. The molecule has 0 radical (unpaired) electrons. The minimum Gasteiger partial charge on any atom is -0.478 e. The van der Waals surface area contributed by atoms with Crippen molar-refractivity contribution in [2.24, 2.45) is 0 Å². The van der Waals surface area contributed by atoms with Crippen LogP contribution in [0.4, 0.5) is 11.4 Å². The number of para-hydroxylation sites is 2. The van der Waals surface area contributed by atoms with Crippen molar-refractivity contribution in [1.82, 2.24) is 9.80 Å². The second-order valence-corrected chi connectivity index (χ2v) is 14.2. The van der Waals surface area contributed by atoms with Gasteiger partial charge in [-0.3, -0.25) is 0 Å². The summed E-state index contributed by atoms with van der Waals surface area (Å²) in [4.78, 5) is 48.9. The van der Waals surface area contributed by atoms with Crippen LogP contribution in [0.1, 0.15) is 42.7 Å². The molecule has 0 bridgehead atoms. The summed E-state index contributed by atoms with van der Waals surface area (Å²) in [7, 11) is 0. The molecular formula is C44H49N3O8S. The van der Waals surface area contributed by atoms with E-state index in [2.05, 4.69) is 124 Å². The number of hydrogen-bond acceptors (Lipinski definition) is 8. The fourth-order valence-electron chi connectivity index (χ4n) is 6.56. The van der Waals surface area contributed by atoms with Gasteiger partial charge in [0.05, 0.1) is 11.4 Å². The number of carbonyl (C=O) groups is 4. The summed E-state index contributed by atoms with van der Waals surface area (Å²) in [5, 5.41) is 31.2. The van der Waals surface area contributed by atoms with Gasteiger partial charge < -0.3 is 35.1 Å². The number of unbranched alkanes of at least 4 members (excludes halogenated alkanes) is 1. The van der Waals surface area contributed by atoms with Gasteiger partial charge in [0.15, 0.2) is 0 Å². The van der Waals surface area contributed by atoms with Gasteiger partial charge in [0.2, 0.25) is 0 Å². The summed E-state index contributed by atoms with van der Waals surface area (Å²) < 4.78 is 0. The largest absolute Gasteiger partial charge is 0.478 e. The monoisotopic (exact) mass is 779 g/mol. The van der Waals surface area contributed by atoms with E-state index in [1.165, 1.54) is 97.2 Å². The van der Waals surface area contributed by atoms with Crippen molar-refractivity contribution >= 4 is 47.0 Å². The standard InChI is InChI=1S/C36H41N3S.2C4H4O4/c1-3-14-30(15-4-1)32(31-16-5-2-6-17-31)18-13-24-38-28-26-37(27-29-38)23-11-12-25-39-33-19-7-9-21-35(33)40-36-22-10-8-20-34(36)39;2*5-3(6)1-2-4(7)8/h1-10,14-17,19-22,32H,11-13,18,23-29H2;2*1-2H,(H,5,6)(H,7,8)/b;2*2-1-. The molecule has 0 aromatic heterocycles. The molecule has 0 atom stereocenters. The molecule has 2 aliphatic rings. The average Bonchev–Trinajstić information content (AvgIpc) is 3.21. The van der Waals surface area contributed by atoms with Crippen LogP contribution >= 0.6 is 11.8 Å². The molecule has 0 spiro atoms. The molecule has 294 valence electrons. The van der Waals surface area contributed by atoms with Gasteiger partial charge >= 0.3 is 23.9 Å². The van der Waals surface area contributed by atoms with Gasteiger partial charge in [0, 0.05) is 72.7 Å². The minimum absolute atomic E-state index is 0.487. The molecule has 1 fully saturated rings. The Hall–Kier alpha value is -5.69. The predicted octanol–water partition coefficient (Wildman–Crippen LogP) is 7.72. The first-order chi connectivity index (χ1) is 27.1. The maximum Gasteiger partial charge on any atom is 0.328 e. The zero-order valence-corrected chi connectivity index (χ0v) is 32.0. The van der Waals surface area contributed by atoms with Gasteiger partial charge in [-0.1, -0.05) is 96.7 Å². The number of fused-ring (bicyclic) bond motifs is 2. The van der Waals surface area contributed by atoms with Crippen LogP contribution < -0.4 is 4.90 Å². The van der Waals surface area contributed by atoms with Gasteiger partial charge in [0.1, 0.15) is 0 Å². The van der Waals surface area contributed by atoms with Crippen molar-refractivity contribution < 1.29 is 39.6 Å². The highest BCUT2D eigenvalue weighted by atomic mass is 32.2. The Morgan fingerprint density at radius 2 is 0.857 bits per heavy atom. The highest BCUT2D eigenvalue weighted by Crippen LogP contribution is 2.47. The number of aliphatic carboxylic acids is 4. The summed E-state index contributed by atoms with van der Waals surface area (Å²) >= 11 is 1.90. The van der Waals surface area contributed by atoms with Gasteiger partial charge in [-0.05, 0) is 74.2 Å². The number of hydrogen-bond donors (Lipinski definition) is 4. The molecule has 0 saturated carbocycles. The third kappa shape index (κ3) is 14.9. The number of piperazine rings is 1. The number of carboxylic acid groups (broad SMARTS) is 4. The normalized spacial score (nSPS) is 13.9. The molecule has 12 heteroatoms. The third-order valence-corrected chi connectivity index (χ3v) is 10.3. The minimum atomic E-state index is -1.26. The first-order valence-electron chi connectivity index (χ1n) is 18.6. The molecule has 4 N–H and O–H groups in total. The lowest BCUT2D eigenvalue weighted by Gasteiger charge is -2.35. The number of rotatable bonds is 15. The maximum absolute atomic E-state index is 9.55. The van der Waals surface area contributed by atoms with Gasteiger partial charge in [0.25, 0.3) is 0 Å². The Labute approximate surface area is 332 Å². The van der Waals surface area contributed by atoms with Crippen LogP contribution in [0, 0.1) is 0 Å². The van der Waals surface area contributed by atoms with Crippen molar-refractivity contribution in [2.45, 2.75) is 41.4 Å². The van der Waals surface area contributed by atoms with Gasteiger partial charge in [-0.15, -0.1) is 0 Å². The quantitative estimate of drug-likeness (QED) is 0.0689. The van der Waals surface area contributed by atoms with Gasteiger partial charge in [-0.25, -0.2) is 19.2 Å². The van der Waals surface area contributed by atoms with E-state index in [9.17, 15) is 19.2 Å². The molecule has 2 heterocycles. The Balaban J connectivity index is 0.000000366. The highest BCUT2D eigenvalue weighted by molar-refractivity contribution is 7.99. The number of benzene rings is 4. The number of nitrogens with zero attached hydrogens (tertiary/aromatic N) is 3. The molecule has 56 heavy (non-hydrogen) atoms. The van der Waals surface area contributed by atoms with Crippen LogP contribution in [0.2, 0.25) is 0 Å². The van der Waals surface area contributed by atoms with Crippen LogP contribution in [-0.2, 0) is 19.2 Å². The van der Waals surface area contributed by atoms with E-state index in [4.69, 9.17) is 20.4 Å². The maximum atomic E-state index is 9.55. The van der Waals surface area contributed by atoms with E-state index in [1.54, 1.807) is 0 Å². The molecule has 1 saturated heterocycles. The van der Waals surface area contributed by atoms with Crippen LogP contribution in [0.25, 0.3) is 0 Å². The second-order valence-electron chi connectivity index (χ2n) is 13.1. The second kappa shape index (κ2) is 23.3. The first kappa shape index (κ1) is 43.0. The Kier molecular flexibility index (Phi) is 17.9. The predicted molar refractivity (Wildman–Crippen MR) is 219 cm³/mol. The highest BCUT2D eigenvalue weighted by Gasteiger charge is 2.23. The molecule has 4 aromatic rings. The lowest BCUT2D eigenvalue weighted by molar-refractivity contribution is -0.134. The van der Waals surface area contributed by atoms with Crippen LogP contribution in [-0.4, -0.2) is 99.9 Å². The Bertz CT molecular complexity index is 1760. The summed E-state index contributed by atoms with van der Waals surface area (Å²) in [6.07, 6.45) is 7.15. The number of carboxylic acids is 4. The van der Waals surface area contributed by atoms with Crippen LogP contribution in [0.5, 0.6) is 0 Å². The zero-order valence-electron chi connectivity index (χ0n) is 31.2. The topological polar surface area (TPSA) is 159 Å². The zero-order chi connectivity index (χ0) is 40.1. The molecule has 11 nitrogen and oxygen atoms in total. The summed E-state index contributed by atoms with van der Waals surface area (Å²) in [6.45, 7) is 8.30. The summed E-state index contributed by atoms with van der Waals surface area (Å²) in [6, 6.07) is 39.8. The van der Waals surface area contributed by atoms with E-state index in [-0.39, 0.29) is 0 Å². The van der Waals surface area contributed by atoms with Crippen molar-refractivity contribution in [3.8, 4) is 0 Å². The molecule has 2 aliphatic heterocycles. The van der Waals surface area contributed by atoms with E-state index in [0.717, 1.165) is 6.54 Å². The molecule has 4 aromatic carbocycles. The van der Waals surface area contributed by atoms with Crippen molar-refractivity contribution in [3.63, 3.8) is 0 Å². The lowest BCUT2D eigenvalue weighted by Crippen LogP contribution is -2.46. The molecule has 0 aliphatic carbocycles. The van der Waals surface area contributed by atoms with Crippen molar-refractivity contribution in [1.29, 1.82) is 0 Å². The molecule has 6 rings (SSSR count).